The SMILES string of the molecule is Cc1nnc([C@@H]2CN(c3cc4nc(C)n(C)c(=O)c4c(-c4ccc(Cl)cc4F)n3)CCO2)o1. The molecule has 1 aliphatic rings. The van der Waals surface area contributed by atoms with Gasteiger partial charge < -0.3 is 14.1 Å². The number of aryl methyl sites for hydroxylation is 2. The third kappa shape index (κ3) is 3.85. The standard InChI is InChI=1S/C22H20ClFN6O3/c1-11-25-16-9-18(30-6-7-32-17(10-30)21-28-27-12(2)33-21)26-20(19(16)22(31)29(11)3)14-5-4-13(23)8-15(14)24/h4-5,8-9,17H,6-7,10H2,1-3H3/t17-/m0/s1. The van der Waals surface area contributed by atoms with Crippen molar-refractivity contribution in [2.75, 3.05) is 24.6 Å². The highest BCUT2D eigenvalue weighted by atomic mass is 35.5. The van der Waals surface area contributed by atoms with Crippen LogP contribution in [0.1, 0.15) is 23.7 Å². The molecule has 5 rings (SSSR count). The summed E-state index contributed by atoms with van der Waals surface area (Å²) in [5, 5.41) is 8.42. The van der Waals surface area contributed by atoms with Gasteiger partial charge in [0.15, 0.2) is 6.10 Å². The molecule has 3 aromatic heterocycles. The van der Waals surface area contributed by atoms with Crippen LogP contribution in [0.4, 0.5) is 10.2 Å². The Morgan fingerprint density at radius 2 is 2.00 bits per heavy atom. The molecule has 1 saturated heterocycles. The van der Waals surface area contributed by atoms with Crippen molar-refractivity contribution in [3.05, 3.63) is 63.1 Å². The third-order valence-electron chi connectivity index (χ3n) is 5.67. The average molecular weight is 471 g/mol. The molecule has 1 atom stereocenters. The first-order valence-electron chi connectivity index (χ1n) is 10.3. The second-order valence-electron chi connectivity index (χ2n) is 7.84. The van der Waals surface area contributed by atoms with Gasteiger partial charge in [-0.3, -0.25) is 9.36 Å². The maximum absolute atomic E-state index is 14.9. The van der Waals surface area contributed by atoms with Gasteiger partial charge in [-0.15, -0.1) is 10.2 Å². The summed E-state index contributed by atoms with van der Waals surface area (Å²) in [5.41, 5.74) is 0.511. The number of hydrogen-bond acceptors (Lipinski definition) is 8. The molecule has 9 nitrogen and oxygen atoms in total. The molecule has 0 amide bonds. The van der Waals surface area contributed by atoms with Crippen LogP contribution in [-0.2, 0) is 11.8 Å². The summed E-state index contributed by atoms with van der Waals surface area (Å²) in [6.07, 6.45) is -0.438. The van der Waals surface area contributed by atoms with E-state index >= 15 is 0 Å². The van der Waals surface area contributed by atoms with E-state index in [4.69, 9.17) is 25.7 Å². The van der Waals surface area contributed by atoms with Crippen molar-refractivity contribution < 1.29 is 13.5 Å². The van der Waals surface area contributed by atoms with Crippen molar-refractivity contribution >= 4 is 28.3 Å². The molecule has 1 fully saturated rings. The smallest absolute Gasteiger partial charge is 0.263 e. The van der Waals surface area contributed by atoms with Gasteiger partial charge in [-0.25, -0.2) is 14.4 Å². The van der Waals surface area contributed by atoms with Gasteiger partial charge in [-0.1, -0.05) is 11.6 Å². The van der Waals surface area contributed by atoms with Gasteiger partial charge in [0.2, 0.25) is 11.8 Å². The molecule has 170 valence electrons. The van der Waals surface area contributed by atoms with Crippen LogP contribution in [0.25, 0.3) is 22.2 Å². The van der Waals surface area contributed by atoms with Gasteiger partial charge in [0, 0.05) is 37.2 Å². The lowest BCUT2D eigenvalue weighted by atomic mass is 10.1. The van der Waals surface area contributed by atoms with Crippen LogP contribution >= 0.6 is 11.6 Å². The summed E-state index contributed by atoms with van der Waals surface area (Å²) in [5.74, 6) is 1.33. The normalized spacial score (nSPS) is 16.5. The van der Waals surface area contributed by atoms with Crippen LogP contribution in [0.15, 0.2) is 33.5 Å². The van der Waals surface area contributed by atoms with Gasteiger partial charge in [-0.05, 0) is 25.1 Å². The Morgan fingerprint density at radius 1 is 1.18 bits per heavy atom. The van der Waals surface area contributed by atoms with E-state index in [0.717, 1.165) is 0 Å². The zero-order chi connectivity index (χ0) is 23.3. The lowest BCUT2D eigenvalue weighted by molar-refractivity contribution is 0.0214. The molecule has 4 aromatic rings. The number of fused-ring (bicyclic) bond motifs is 1. The molecule has 0 N–H and O–H groups in total. The van der Waals surface area contributed by atoms with E-state index < -0.39 is 11.9 Å². The third-order valence-corrected chi connectivity index (χ3v) is 5.90. The second-order valence-corrected chi connectivity index (χ2v) is 8.27. The minimum Gasteiger partial charge on any atom is -0.423 e. The topological polar surface area (TPSA) is 99.2 Å². The van der Waals surface area contributed by atoms with Gasteiger partial charge in [0.25, 0.3) is 5.56 Å². The van der Waals surface area contributed by atoms with E-state index in [1.54, 1.807) is 33.0 Å². The lowest BCUT2D eigenvalue weighted by Gasteiger charge is -2.32. The highest BCUT2D eigenvalue weighted by molar-refractivity contribution is 6.30. The number of morpholine rings is 1. The van der Waals surface area contributed by atoms with Crippen LogP contribution in [0.3, 0.4) is 0 Å². The van der Waals surface area contributed by atoms with Crippen molar-refractivity contribution in [3.63, 3.8) is 0 Å². The lowest BCUT2D eigenvalue weighted by Crippen LogP contribution is -2.39. The summed E-state index contributed by atoms with van der Waals surface area (Å²) < 4.78 is 27.7. The molecular weight excluding hydrogens is 451 g/mol. The molecule has 33 heavy (non-hydrogen) atoms. The Labute approximate surface area is 192 Å². The van der Waals surface area contributed by atoms with Crippen LogP contribution < -0.4 is 10.5 Å². The molecule has 1 aliphatic heterocycles. The van der Waals surface area contributed by atoms with Crippen LogP contribution in [0.2, 0.25) is 5.02 Å². The Kier molecular flexibility index (Phi) is 5.34. The Morgan fingerprint density at radius 3 is 2.73 bits per heavy atom. The van der Waals surface area contributed by atoms with Crippen LogP contribution in [0.5, 0.6) is 0 Å². The summed E-state index contributed by atoms with van der Waals surface area (Å²) in [4.78, 5) is 24.4. The van der Waals surface area contributed by atoms with Crippen LogP contribution in [-0.4, -0.2) is 44.4 Å². The first-order valence-corrected chi connectivity index (χ1v) is 10.7. The highest BCUT2D eigenvalue weighted by Crippen LogP contribution is 2.32. The average Bonchev–Trinajstić information content (AvgIpc) is 3.23. The summed E-state index contributed by atoms with van der Waals surface area (Å²) in [6.45, 7) is 4.79. The van der Waals surface area contributed by atoms with E-state index in [0.29, 0.717) is 48.6 Å². The van der Waals surface area contributed by atoms with Crippen molar-refractivity contribution in [2.45, 2.75) is 20.0 Å². The fraction of sp³-hybridized carbons (Fsp3) is 0.318. The number of nitrogens with zero attached hydrogens (tertiary/aromatic N) is 6. The van der Waals surface area contributed by atoms with E-state index in [9.17, 15) is 9.18 Å². The van der Waals surface area contributed by atoms with Gasteiger partial charge in [0.1, 0.15) is 17.5 Å². The fourth-order valence-electron chi connectivity index (χ4n) is 3.87. The minimum atomic E-state index is -0.572. The van der Waals surface area contributed by atoms with E-state index in [1.165, 1.54) is 16.7 Å². The van der Waals surface area contributed by atoms with Gasteiger partial charge in [0.05, 0.1) is 29.7 Å². The number of ether oxygens (including phenoxy) is 1. The molecule has 0 bridgehead atoms. The number of pyridine rings is 1. The van der Waals surface area contributed by atoms with Gasteiger partial charge >= 0.3 is 0 Å². The largest absolute Gasteiger partial charge is 0.423 e. The summed E-state index contributed by atoms with van der Waals surface area (Å²) in [7, 11) is 1.62. The van der Waals surface area contributed by atoms with Gasteiger partial charge in [-0.2, -0.15) is 0 Å². The Hall–Kier alpha value is -3.37. The van der Waals surface area contributed by atoms with Crippen LogP contribution in [0, 0.1) is 19.7 Å². The van der Waals surface area contributed by atoms with E-state index in [2.05, 4.69) is 15.2 Å². The zero-order valence-corrected chi connectivity index (χ0v) is 18.9. The zero-order valence-electron chi connectivity index (χ0n) is 18.2. The molecule has 4 heterocycles. The fourth-order valence-corrected chi connectivity index (χ4v) is 4.03. The highest BCUT2D eigenvalue weighted by Gasteiger charge is 2.28. The van der Waals surface area contributed by atoms with Crippen molar-refractivity contribution in [2.24, 2.45) is 7.05 Å². The Balaban J connectivity index is 1.67. The molecule has 1 aromatic carbocycles. The number of halogens is 2. The quantitative estimate of drug-likeness (QED) is 0.449. The monoisotopic (exact) mass is 470 g/mol. The molecular formula is C22H20ClFN6O3. The predicted octanol–water partition coefficient (Wildman–Crippen LogP) is 3.37. The van der Waals surface area contributed by atoms with Crippen molar-refractivity contribution in [1.82, 2.24) is 24.7 Å². The number of benzene rings is 1. The minimum absolute atomic E-state index is 0.173. The van der Waals surface area contributed by atoms with E-state index in [-0.39, 0.29) is 27.2 Å². The molecule has 0 aliphatic carbocycles. The van der Waals surface area contributed by atoms with Crippen molar-refractivity contribution in [1.29, 1.82) is 0 Å². The first-order chi connectivity index (χ1) is 15.8. The number of rotatable bonds is 3. The number of aromatic nitrogens is 5. The maximum atomic E-state index is 14.9. The first kappa shape index (κ1) is 21.5. The van der Waals surface area contributed by atoms with E-state index in [1.807, 2.05) is 4.90 Å². The molecule has 0 radical (unpaired) electrons. The van der Waals surface area contributed by atoms with Crippen molar-refractivity contribution in [3.8, 4) is 11.3 Å². The number of hydrogen-bond donors (Lipinski definition) is 0. The summed E-state index contributed by atoms with van der Waals surface area (Å²) >= 11 is 5.95. The molecule has 0 spiro atoms. The number of anilines is 1. The molecule has 0 unspecified atom stereocenters. The predicted molar refractivity (Wildman–Crippen MR) is 120 cm³/mol. The Bertz CT molecular complexity index is 1440. The molecule has 11 heteroatoms. The summed E-state index contributed by atoms with van der Waals surface area (Å²) in [6, 6.07) is 6.02. The molecule has 0 saturated carbocycles. The maximum Gasteiger partial charge on any atom is 0.263 e. The second kappa shape index (κ2) is 8.20.